The van der Waals surface area contributed by atoms with E-state index in [1.165, 1.54) is 34.4 Å². The third-order valence-electron chi connectivity index (χ3n) is 5.80. The van der Waals surface area contributed by atoms with Crippen molar-refractivity contribution >= 4 is 17.3 Å². The molecular weight excluding hydrogens is 338 g/mol. The van der Waals surface area contributed by atoms with E-state index < -0.39 is 0 Å². The van der Waals surface area contributed by atoms with Crippen LogP contribution in [0.5, 0.6) is 0 Å². The maximum atomic E-state index is 6.27. The standard InChI is InChI=1S/C24H32ClN/c1-15(2)21-9-7-18(11-17(21)5)23-12-19(23)14-26(6)24-13-20(25)8-10-22(24)16(3)4/h7-11,13,15-16,19,23H,12,14H2,1-6H3. The average molecular weight is 370 g/mol. The fourth-order valence-electron chi connectivity index (χ4n) is 4.22. The molecular formula is C24H32ClN. The van der Waals surface area contributed by atoms with Crippen LogP contribution in [0.15, 0.2) is 36.4 Å². The first-order chi connectivity index (χ1) is 12.3. The molecule has 0 radical (unpaired) electrons. The molecule has 3 rings (SSSR count). The number of hydrogen-bond acceptors (Lipinski definition) is 1. The zero-order valence-electron chi connectivity index (χ0n) is 17.0. The molecule has 1 fully saturated rings. The van der Waals surface area contributed by atoms with Gasteiger partial charge in [0, 0.05) is 24.3 Å². The van der Waals surface area contributed by atoms with Crippen LogP contribution in [0.2, 0.25) is 5.02 Å². The smallest absolute Gasteiger partial charge is 0.0426 e. The van der Waals surface area contributed by atoms with Crippen LogP contribution in [0.4, 0.5) is 5.69 Å². The van der Waals surface area contributed by atoms with Gasteiger partial charge in [0.1, 0.15) is 0 Å². The molecule has 0 saturated heterocycles. The third-order valence-corrected chi connectivity index (χ3v) is 6.04. The second-order valence-corrected chi connectivity index (χ2v) is 9.05. The Morgan fingerprint density at radius 3 is 2.27 bits per heavy atom. The van der Waals surface area contributed by atoms with Crippen molar-refractivity contribution in [3.05, 3.63) is 63.7 Å². The Kier molecular flexibility index (Phi) is 5.67. The van der Waals surface area contributed by atoms with E-state index >= 15 is 0 Å². The van der Waals surface area contributed by atoms with Gasteiger partial charge in [-0.05, 0) is 71.4 Å². The molecule has 1 saturated carbocycles. The summed E-state index contributed by atoms with van der Waals surface area (Å²) < 4.78 is 0. The maximum absolute atomic E-state index is 6.27. The summed E-state index contributed by atoms with van der Waals surface area (Å²) in [6.07, 6.45) is 1.29. The summed E-state index contributed by atoms with van der Waals surface area (Å²) in [5.41, 5.74) is 7.09. The van der Waals surface area contributed by atoms with E-state index in [0.29, 0.717) is 17.8 Å². The topological polar surface area (TPSA) is 3.24 Å². The van der Waals surface area contributed by atoms with Gasteiger partial charge in [0.15, 0.2) is 0 Å². The van der Waals surface area contributed by atoms with E-state index in [9.17, 15) is 0 Å². The first-order valence-corrected chi connectivity index (χ1v) is 10.3. The highest BCUT2D eigenvalue weighted by atomic mass is 35.5. The largest absolute Gasteiger partial charge is 0.374 e. The second-order valence-electron chi connectivity index (χ2n) is 8.61. The summed E-state index contributed by atoms with van der Waals surface area (Å²) in [6, 6.07) is 13.4. The number of nitrogens with zero attached hydrogens (tertiary/aromatic N) is 1. The predicted octanol–water partition coefficient (Wildman–Crippen LogP) is 7.14. The molecule has 2 atom stereocenters. The maximum Gasteiger partial charge on any atom is 0.0426 e. The minimum Gasteiger partial charge on any atom is -0.374 e. The van der Waals surface area contributed by atoms with Crippen LogP contribution in [0.1, 0.15) is 74.1 Å². The van der Waals surface area contributed by atoms with Gasteiger partial charge < -0.3 is 4.90 Å². The zero-order chi connectivity index (χ0) is 19.0. The van der Waals surface area contributed by atoms with Gasteiger partial charge in [-0.1, -0.05) is 63.6 Å². The highest BCUT2D eigenvalue weighted by molar-refractivity contribution is 6.30. The summed E-state index contributed by atoms with van der Waals surface area (Å²) in [5.74, 6) is 2.55. The number of halogens is 1. The van der Waals surface area contributed by atoms with E-state index in [2.05, 4.69) is 76.9 Å². The van der Waals surface area contributed by atoms with Crippen LogP contribution in [-0.2, 0) is 0 Å². The first kappa shape index (κ1) is 19.3. The lowest BCUT2D eigenvalue weighted by atomic mass is 9.94. The van der Waals surface area contributed by atoms with Gasteiger partial charge in [0.2, 0.25) is 0 Å². The van der Waals surface area contributed by atoms with Crippen molar-refractivity contribution in [1.82, 2.24) is 0 Å². The minimum absolute atomic E-state index is 0.506. The van der Waals surface area contributed by atoms with Crippen molar-refractivity contribution in [1.29, 1.82) is 0 Å². The normalized spacial score (nSPS) is 19.3. The van der Waals surface area contributed by atoms with E-state index in [1.807, 2.05) is 6.07 Å². The van der Waals surface area contributed by atoms with Gasteiger partial charge in [-0.2, -0.15) is 0 Å². The summed E-state index contributed by atoms with van der Waals surface area (Å²) >= 11 is 6.27. The molecule has 1 nitrogen and oxygen atoms in total. The molecule has 140 valence electrons. The summed E-state index contributed by atoms with van der Waals surface area (Å²) in [6.45, 7) is 12.4. The lowest BCUT2D eigenvalue weighted by Gasteiger charge is -2.24. The van der Waals surface area contributed by atoms with Crippen LogP contribution >= 0.6 is 11.6 Å². The molecule has 26 heavy (non-hydrogen) atoms. The highest BCUT2D eigenvalue weighted by Gasteiger charge is 2.39. The van der Waals surface area contributed by atoms with E-state index in [4.69, 9.17) is 11.6 Å². The van der Waals surface area contributed by atoms with Gasteiger partial charge in [0.25, 0.3) is 0 Å². The summed E-state index contributed by atoms with van der Waals surface area (Å²) in [5, 5.41) is 0.823. The van der Waals surface area contributed by atoms with Gasteiger partial charge in [-0.15, -0.1) is 0 Å². The molecule has 1 aliphatic rings. The molecule has 0 aromatic heterocycles. The molecule has 0 heterocycles. The van der Waals surface area contributed by atoms with E-state index in [1.54, 1.807) is 0 Å². The summed E-state index contributed by atoms with van der Waals surface area (Å²) in [4.78, 5) is 2.40. The molecule has 2 aromatic carbocycles. The Bertz CT molecular complexity index is 778. The van der Waals surface area contributed by atoms with Crippen LogP contribution < -0.4 is 4.90 Å². The first-order valence-electron chi connectivity index (χ1n) is 9.89. The molecule has 2 unspecified atom stereocenters. The Morgan fingerprint density at radius 2 is 1.65 bits per heavy atom. The molecule has 0 aliphatic heterocycles. The second kappa shape index (κ2) is 7.64. The number of benzene rings is 2. The fraction of sp³-hybridized carbons (Fsp3) is 0.500. The molecule has 0 spiro atoms. The zero-order valence-corrected chi connectivity index (χ0v) is 17.8. The van der Waals surface area contributed by atoms with E-state index in [-0.39, 0.29) is 0 Å². The van der Waals surface area contributed by atoms with Gasteiger partial charge in [0.05, 0.1) is 0 Å². The van der Waals surface area contributed by atoms with Crippen LogP contribution in [0, 0.1) is 12.8 Å². The van der Waals surface area contributed by atoms with Crippen LogP contribution in [-0.4, -0.2) is 13.6 Å². The Labute approximate surface area is 164 Å². The lowest BCUT2D eigenvalue weighted by Crippen LogP contribution is -2.22. The Balaban J connectivity index is 1.71. The third kappa shape index (κ3) is 4.09. The number of rotatable bonds is 6. The van der Waals surface area contributed by atoms with Crippen molar-refractivity contribution in [2.75, 3.05) is 18.5 Å². The molecule has 2 aromatic rings. The molecule has 0 bridgehead atoms. The molecule has 1 aliphatic carbocycles. The van der Waals surface area contributed by atoms with Crippen molar-refractivity contribution in [2.45, 2.75) is 58.8 Å². The van der Waals surface area contributed by atoms with Crippen molar-refractivity contribution in [3.63, 3.8) is 0 Å². The Morgan fingerprint density at radius 1 is 1.00 bits per heavy atom. The molecule has 0 amide bonds. The molecule has 2 heteroatoms. The lowest BCUT2D eigenvalue weighted by molar-refractivity contribution is 0.749. The summed E-state index contributed by atoms with van der Waals surface area (Å²) in [7, 11) is 2.21. The van der Waals surface area contributed by atoms with Crippen molar-refractivity contribution in [3.8, 4) is 0 Å². The quantitative estimate of drug-likeness (QED) is 0.523. The van der Waals surface area contributed by atoms with E-state index in [0.717, 1.165) is 17.5 Å². The van der Waals surface area contributed by atoms with Crippen molar-refractivity contribution in [2.24, 2.45) is 5.92 Å². The van der Waals surface area contributed by atoms with Gasteiger partial charge >= 0.3 is 0 Å². The SMILES string of the molecule is Cc1cc(C2CC2CN(C)c2cc(Cl)ccc2C(C)C)ccc1C(C)C. The minimum atomic E-state index is 0.506. The number of aryl methyl sites for hydroxylation is 1. The number of anilines is 1. The van der Waals surface area contributed by atoms with Crippen LogP contribution in [0.3, 0.4) is 0 Å². The van der Waals surface area contributed by atoms with Gasteiger partial charge in [-0.3, -0.25) is 0 Å². The predicted molar refractivity (Wildman–Crippen MR) is 115 cm³/mol. The van der Waals surface area contributed by atoms with Crippen LogP contribution in [0.25, 0.3) is 0 Å². The fourth-order valence-corrected chi connectivity index (χ4v) is 4.39. The van der Waals surface area contributed by atoms with Gasteiger partial charge in [-0.25, -0.2) is 0 Å². The molecule has 0 N–H and O–H groups in total. The average Bonchev–Trinajstić information content (AvgIpc) is 3.33. The monoisotopic (exact) mass is 369 g/mol. The Hall–Kier alpha value is -1.47. The van der Waals surface area contributed by atoms with Crippen molar-refractivity contribution < 1.29 is 0 Å². The number of hydrogen-bond donors (Lipinski definition) is 0. The highest BCUT2D eigenvalue weighted by Crippen LogP contribution is 2.49.